The second-order valence-electron chi connectivity index (χ2n) is 7.28. The highest BCUT2D eigenvalue weighted by atomic mass is 16.5. The highest BCUT2D eigenvalue weighted by Gasteiger charge is 2.20. The number of nitrogens with two attached hydrogens (primary N) is 1. The monoisotopic (exact) mass is 418 g/mol. The number of carboxylic acid groups (broad SMARTS) is 1. The first kappa shape index (κ1) is 22.1. The van der Waals surface area contributed by atoms with Crippen LogP contribution in [0.2, 0.25) is 0 Å². The van der Waals surface area contributed by atoms with Gasteiger partial charge in [-0.1, -0.05) is 66.7 Å². The van der Waals surface area contributed by atoms with Gasteiger partial charge in [0.1, 0.15) is 18.4 Å². The lowest BCUT2D eigenvalue weighted by Gasteiger charge is -2.15. The Bertz CT molecular complexity index is 986. The van der Waals surface area contributed by atoms with Crippen LogP contribution in [0.1, 0.15) is 22.3 Å². The van der Waals surface area contributed by atoms with Crippen molar-refractivity contribution in [3.05, 3.63) is 101 Å². The van der Waals surface area contributed by atoms with Crippen molar-refractivity contribution < 1.29 is 19.4 Å². The van der Waals surface area contributed by atoms with Gasteiger partial charge in [0.2, 0.25) is 5.91 Å². The van der Waals surface area contributed by atoms with Crippen LogP contribution in [0.3, 0.4) is 0 Å². The smallest absolute Gasteiger partial charge is 0.326 e. The highest BCUT2D eigenvalue weighted by molar-refractivity contribution is 5.85. The van der Waals surface area contributed by atoms with E-state index in [4.69, 9.17) is 10.5 Å². The van der Waals surface area contributed by atoms with Gasteiger partial charge in [-0.2, -0.15) is 0 Å². The lowest BCUT2D eigenvalue weighted by Crippen LogP contribution is -2.43. The molecule has 6 heteroatoms. The van der Waals surface area contributed by atoms with Gasteiger partial charge < -0.3 is 20.9 Å². The van der Waals surface area contributed by atoms with Gasteiger partial charge >= 0.3 is 5.97 Å². The molecule has 3 aromatic carbocycles. The highest BCUT2D eigenvalue weighted by Crippen LogP contribution is 2.15. The Morgan fingerprint density at radius 2 is 1.45 bits per heavy atom. The molecule has 4 N–H and O–H groups in total. The van der Waals surface area contributed by atoms with Gasteiger partial charge in [0, 0.05) is 13.0 Å². The molecule has 0 aliphatic carbocycles. The zero-order valence-corrected chi connectivity index (χ0v) is 17.2. The number of aliphatic carboxylic acids is 1. The molecular formula is C25H26N2O4. The van der Waals surface area contributed by atoms with Crippen LogP contribution in [0.25, 0.3) is 0 Å². The minimum Gasteiger partial charge on any atom is -0.489 e. The number of benzene rings is 3. The predicted octanol–water partition coefficient (Wildman–Crippen LogP) is 3.08. The first-order chi connectivity index (χ1) is 15.0. The summed E-state index contributed by atoms with van der Waals surface area (Å²) in [4.78, 5) is 24.0. The van der Waals surface area contributed by atoms with Crippen molar-refractivity contribution in [3.63, 3.8) is 0 Å². The maximum atomic E-state index is 12.3. The van der Waals surface area contributed by atoms with Crippen LogP contribution >= 0.6 is 0 Å². The topological polar surface area (TPSA) is 102 Å². The van der Waals surface area contributed by atoms with Crippen LogP contribution in [0.5, 0.6) is 5.75 Å². The Kier molecular flexibility index (Phi) is 7.79. The standard InChI is InChI=1S/C25H26N2O4/c26-16-20-8-6-19(7-9-20)15-24(28)27-23(25(29)30)14-18-10-12-22(13-11-18)31-17-21-4-2-1-3-5-21/h1-13,23H,14-17,26H2,(H,27,28)(H,29,30)/t23-/m0/s1. The molecule has 1 atom stereocenters. The Hall–Kier alpha value is -3.64. The van der Waals surface area contributed by atoms with Crippen LogP contribution in [-0.2, 0) is 35.6 Å². The predicted molar refractivity (Wildman–Crippen MR) is 119 cm³/mol. The first-order valence-corrected chi connectivity index (χ1v) is 10.1. The van der Waals surface area contributed by atoms with Gasteiger partial charge in [0.25, 0.3) is 0 Å². The Balaban J connectivity index is 1.53. The summed E-state index contributed by atoms with van der Waals surface area (Å²) in [5, 5.41) is 12.1. The third kappa shape index (κ3) is 6.97. The number of carbonyl (C=O) groups excluding carboxylic acids is 1. The van der Waals surface area contributed by atoms with Crippen molar-refractivity contribution in [1.82, 2.24) is 5.32 Å². The van der Waals surface area contributed by atoms with Gasteiger partial charge in [-0.3, -0.25) is 4.79 Å². The van der Waals surface area contributed by atoms with Crippen molar-refractivity contribution in [1.29, 1.82) is 0 Å². The first-order valence-electron chi connectivity index (χ1n) is 10.1. The second-order valence-corrected chi connectivity index (χ2v) is 7.28. The average Bonchev–Trinajstić information content (AvgIpc) is 2.79. The van der Waals surface area contributed by atoms with E-state index in [0.29, 0.717) is 18.9 Å². The average molecular weight is 418 g/mol. The second kappa shape index (κ2) is 10.9. The molecule has 0 aliphatic heterocycles. The molecule has 3 aromatic rings. The van der Waals surface area contributed by atoms with Gasteiger partial charge in [0.15, 0.2) is 0 Å². The van der Waals surface area contributed by atoms with E-state index in [9.17, 15) is 14.7 Å². The molecule has 0 bridgehead atoms. The van der Waals surface area contributed by atoms with Gasteiger partial charge in [-0.05, 0) is 34.4 Å². The van der Waals surface area contributed by atoms with Crippen LogP contribution in [0.4, 0.5) is 0 Å². The van der Waals surface area contributed by atoms with Crippen LogP contribution in [0.15, 0.2) is 78.9 Å². The molecule has 0 radical (unpaired) electrons. The van der Waals surface area contributed by atoms with E-state index in [1.807, 2.05) is 66.7 Å². The summed E-state index contributed by atoms with van der Waals surface area (Å²) in [6.07, 6.45) is 0.299. The molecule has 0 heterocycles. The summed E-state index contributed by atoms with van der Waals surface area (Å²) in [6.45, 7) is 0.893. The Labute approximate surface area is 181 Å². The lowest BCUT2D eigenvalue weighted by atomic mass is 10.0. The van der Waals surface area contributed by atoms with E-state index in [1.54, 1.807) is 12.1 Å². The third-order valence-electron chi connectivity index (χ3n) is 4.87. The zero-order valence-electron chi connectivity index (χ0n) is 17.2. The SMILES string of the molecule is NCc1ccc(CC(=O)N[C@@H](Cc2ccc(OCc3ccccc3)cc2)C(=O)O)cc1. The summed E-state index contributed by atoms with van der Waals surface area (Å²) < 4.78 is 5.75. The maximum Gasteiger partial charge on any atom is 0.326 e. The molecule has 0 saturated heterocycles. The van der Waals surface area contributed by atoms with Crippen molar-refractivity contribution >= 4 is 11.9 Å². The minimum absolute atomic E-state index is 0.112. The largest absolute Gasteiger partial charge is 0.489 e. The fourth-order valence-corrected chi connectivity index (χ4v) is 3.12. The molecule has 3 rings (SSSR count). The number of carbonyl (C=O) groups is 2. The van der Waals surface area contributed by atoms with Crippen molar-refractivity contribution in [2.75, 3.05) is 0 Å². The zero-order chi connectivity index (χ0) is 22.1. The number of ether oxygens (including phenoxy) is 1. The summed E-state index contributed by atoms with van der Waals surface area (Å²) in [5.41, 5.74) is 9.22. The van der Waals surface area contributed by atoms with E-state index in [2.05, 4.69) is 5.32 Å². The number of amides is 1. The molecule has 0 saturated carbocycles. The van der Waals surface area contributed by atoms with Gasteiger partial charge in [-0.25, -0.2) is 4.79 Å². The molecule has 0 aromatic heterocycles. The molecular weight excluding hydrogens is 392 g/mol. The fraction of sp³-hybridized carbons (Fsp3) is 0.200. The van der Waals surface area contributed by atoms with Crippen molar-refractivity contribution in [3.8, 4) is 5.75 Å². The van der Waals surface area contributed by atoms with Crippen LogP contribution < -0.4 is 15.8 Å². The molecule has 0 spiro atoms. The van der Waals surface area contributed by atoms with Crippen LogP contribution in [0, 0.1) is 0 Å². The van der Waals surface area contributed by atoms with E-state index >= 15 is 0 Å². The summed E-state index contributed by atoms with van der Waals surface area (Å²) in [6, 6.07) is 23.4. The minimum atomic E-state index is -1.07. The fourth-order valence-electron chi connectivity index (χ4n) is 3.12. The molecule has 6 nitrogen and oxygen atoms in total. The van der Waals surface area contributed by atoms with E-state index in [0.717, 1.165) is 22.3 Å². The number of carboxylic acids is 1. The van der Waals surface area contributed by atoms with Gasteiger partial charge in [0.05, 0.1) is 6.42 Å². The lowest BCUT2D eigenvalue weighted by molar-refractivity contribution is -0.141. The molecule has 0 unspecified atom stereocenters. The van der Waals surface area contributed by atoms with Gasteiger partial charge in [-0.15, -0.1) is 0 Å². The number of rotatable bonds is 10. The Morgan fingerprint density at radius 1 is 0.839 bits per heavy atom. The van der Waals surface area contributed by atoms with E-state index < -0.39 is 12.0 Å². The van der Waals surface area contributed by atoms with E-state index in [1.165, 1.54) is 0 Å². The normalized spacial score (nSPS) is 11.5. The van der Waals surface area contributed by atoms with E-state index in [-0.39, 0.29) is 18.7 Å². The molecule has 1 amide bonds. The van der Waals surface area contributed by atoms with Crippen LogP contribution in [-0.4, -0.2) is 23.0 Å². The third-order valence-corrected chi connectivity index (χ3v) is 4.87. The summed E-state index contributed by atoms with van der Waals surface area (Å²) >= 11 is 0. The molecule has 0 fully saturated rings. The molecule has 31 heavy (non-hydrogen) atoms. The summed E-state index contributed by atoms with van der Waals surface area (Å²) in [7, 11) is 0. The number of nitrogens with one attached hydrogen (secondary N) is 1. The summed E-state index contributed by atoms with van der Waals surface area (Å²) in [5.74, 6) is -0.712. The molecule has 160 valence electrons. The number of hydrogen-bond donors (Lipinski definition) is 3. The Morgan fingerprint density at radius 3 is 2.06 bits per heavy atom. The maximum absolute atomic E-state index is 12.3. The quantitative estimate of drug-likeness (QED) is 0.470. The number of hydrogen-bond acceptors (Lipinski definition) is 4. The van der Waals surface area contributed by atoms with Crippen molar-refractivity contribution in [2.24, 2.45) is 5.73 Å². The molecule has 0 aliphatic rings. The van der Waals surface area contributed by atoms with Crippen molar-refractivity contribution in [2.45, 2.75) is 32.0 Å².